The van der Waals surface area contributed by atoms with Gasteiger partial charge >= 0.3 is 6.18 Å². The maximum absolute atomic E-state index is 12.6. The predicted molar refractivity (Wildman–Crippen MR) is 106 cm³/mol. The Morgan fingerprint density at radius 3 is 2.81 bits per heavy atom. The van der Waals surface area contributed by atoms with Gasteiger partial charge in [0.05, 0.1) is 12.6 Å². The van der Waals surface area contributed by atoms with Crippen molar-refractivity contribution < 1.29 is 17.9 Å². The van der Waals surface area contributed by atoms with Gasteiger partial charge in [-0.25, -0.2) is 9.98 Å². The maximum Gasteiger partial charge on any atom is 0.434 e. The number of aliphatic imine (C=N–C) groups is 1. The smallest absolute Gasteiger partial charge is 0.377 e. The quantitative estimate of drug-likeness (QED) is 0.374. The fourth-order valence-electron chi connectivity index (χ4n) is 3.74. The summed E-state index contributed by atoms with van der Waals surface area (Å²) in [6, 6.07) is 0.236. The molecule has 1 aromatic heterocycles. The van der Waals surface area contributed by atoms with E-state index >= 15 is 0 Å². The van der Waals surface area contributed by atoms with Gasteiger partial charge in [-0.05, 0) is 13.3 Å². The van der Waals surface area contributed by atoms with Crippen LogP contribution in [0, 0.1) is 11.3 Å². The lowest BCUT2D eigenvalue weighted by molar-refractivity contribution is -0.140. The van der Waals surface area contributed by atoms with Crippen molar-refractivity contribution in [3.8, 4) is 0 Å². The minimum atomic E-state index is -4.41. The molecule has 0 bridgehead atoms. The molecule has 0 aromatic carbocycles. The summed E-state index contributed by atoms with van der Waals surface area (Å²) in [5.74, 6) is 1.06. The van der Waals surface area contributed by atoms with E-state index in [0.717, 1.165) is 29.7 Å². The first-order chi connectivity index (χ1) is 11.7. The summed E-state index contributed by atoms with van der Waals surface area (Å²) in [6.45, 7) is 7.86. The van der Waals surface area contributed by atoms with Crippen LogP contribution in [0.4, 0.5) is 13.2 Å². The molecule has 1 aromatic rings. The lowest BCUT2D eigenvalue weighted by Gasteiger charge is -2.54. The monoisotopic (exact) mass is 504 g/mol. The van der Waals surface area contributed by atoms with Gasteiger partial charge in [0.2, 0.25) is 0 Å². The molecule has 148 valence electrons. The fraction of sp³-hybridized carbons (Fsp3) is 0.750. The SMILES string of the molecule is CCNC(=NCc1nc(C(F)(F)F)cs1)NC1C2CCOC2C1(C)C.I. The molecule has 3 atom stereocenters. The molecule has 1 saturated heterocycles. The van der Waals surface area contributed by atoms with E-state index in [-0.39, 0.29) is 48.1 Å². The second-order valence-corrected chi connectivity index (χ2v) is 7.95. The van der Waals surface area contributed by atoms with E-state index in [1.807, 2.05) is 6.92 Å². The third-order valence-electron chi connectivity index (χ3n) is 4.95. The van der Waals surface area contributed by atoms with Crippen LogP contribution in [0.5, 0.6) is 0 Å². The summed E-state index contributed by atoms with van der Waals surface area (Å²) < 4.78 is 43.7. The summed E-state index contributed by atoms with van der Waals surface area (Å²) in [5.41, 5.74) is -0.853. The molecule has 0 radical (unpaired) electrons. The molecule has 3 rings (SSSR count). The van der Waals surface area contributed by atoms with Gasteiger partial charge in [0, 0.05) is 35.9 Å². The number of rotatable bonds is 4. The van der Waals surface area contributed by atoms with Crippen LogP contribution in [0.3, 0.4) is 0 Å². The van der Waals surface area contributed by atoms with Crippen LogP contribution in [-0.2, 0) is 17.5 Å². The number of nitrogens with zero attached hydrogens (tertiary/aromatic N) is 2. The summed E-state index contributed by atoms with van der Waals surface area (Å²) >= 11 is 0.977. The molecule has 1 aliphatic heterocycles. The average Bonchev–Trinajstić information content (AvgIpc) is 3.17. The first kappa shape index (κ1) is 21.7. The van der Waals surface area contributed by atoms with Gasteiger partial charge in [-0.15, -0.1) is 35.3 Å². The van der Waals surface area contributed by atoms with Crippen molar-refractivity contribution in [2.45, 2.75) is 52.1 Å². The zero-order valence-corrected chi connectivity index (χ0v) is 18.0. The number of fused-ring (bicyclic) bond motifs is 1. The van der Waals surface area contributed by atoms with Crippen LogP contribution in [0.25, 0.3) is 0 Å². The molecule has 2 fully saturated rings. The zero-order chi connectivity index (χ0) is 18.2. The van der Waals surface area contributed by atoms with E-state index in [4.69, 9.17) is 4.74 Å². The van der Waals surface area contributed by atoms with Crippen molar-refractivity contribution in [2.75, 3.05) is 13.2 Å². The standard InChI is InChI=1S/C16H23F3N4OS.HI/c1-4-20-14(21-7-11-22-10(8-25-11)16(17,18)19)23-12-9-5-6-24-13(9)15(12,2)3;/h8-9,12-13H,4-7H2,1-3H3,(H2,20,21,23);1H. The Morgan fingerprint density at radius 1 is 1.46 bits per heavy atom. The molecular formula is C16H24F3IN4OS. The second kappa shape index (κ2) is 8.17. The Kier molecular flexibility index (Phi) is 6.81. The lowest BCUT2D eigenvalue weighted by Crippen LogP contribution is -2.67. The van der Waals surface area contributed by atoms with Crippen LogP contribution in [0.2, 0.25) is 0 Å². The average molecular weight is 504 g/mol. The van der Waals surface area contributed by atoms with Crippen LogP contribution >= 0.6 is 35.3 Å². The van der Waals surface area contributed by atoms with E-state index < -0.39 is 11.9 Å². The van der Waals surface area contributed by atoms with Crippen LogP contribution < -0.4 is 10.6 Å². The molecule has 1 saturated carbocycles. The molecule has 1 aliphatic carbocycles. The molecule has 2 heterocycles. The van der Waals surface area contributed by atoms with Crippen molar-refractivity contribution in [3.05, 3.63) is 16.1 Å². The maximum atomic E-state index is 12.6. The van der Waals surface area contributed by atoms with Crippen LogP contribution in [-0.4, -0.2) is 36.2 Å². The Bertz CT molecular complexity index is 650. The van der Waals surface area contributed by atoms with E-state index in [0.29, 0.717) is 23.4 Å². The highest BCUT2D eigenvalue weighted by Gasteiger charge is 2.59. The Hall–Kier alpha value is -0.620. The van der Waals surface area contributed by atoms with Gasteiger partial charge in [0.15, 0.2) is 11.7 Å². The van der Waals surface area contributed by atoms with E-state index in [1.54, 1.807) is 0 Å². The van der Waals surface area contributed by atoms with Gasteiger partial charge in [0.25, 0.3) is 0 Å². The Morgan fingerprint density at radius 2 is 2.19 bits per heavy atom. The number of ether oxygens (including phenoxy) is 1. The zero-order valence-electron chi connectivity index (χ0n) is 14.9. The van der Waals surface area contributed by atoms with Gasteiger partial charge in [-0.3, -0.25) is 0 Å². The molecule has 5 nitrogen and oxygen atoms in total. The number of nitrogens with one attached hydrogen (secondary N) is 2. The molecule has 2 aliphatic rings. The number of thiazole rings is 1. The summed E-state index contributed by atoms with van der Waals surface area (Å²) in [7, 11) is 0. The van der Waals surface area contributed by atoms with Crippen molar-refractivity contribution in [2.24, 2.45) is 16.3 Å². The third kappa shape index (κ3) is 4.27. The summed E-state index contributed by atoms with van der Waals surface area (Å²) in [4.78, 5) is 8.03. The van der Waals surface area contributed by atoms with Gasteiger partial charge < -0.3 is 15.4 Å². The van der Waals surface area contributed by atoms with Gasteiger partial charge in [0.1, 0.15) is 5.01 Å². The topological polar surface area (TPSA) is 58.5 Å². The van der Waals surface area contributed by atoms with E-state index in [1.165, 1.54) is 0 Å². The summed E-state index contributed by atoms with van der Waals surface area (Å²) in [5, 5.41) is 7.97. The number of alkyl halides is 3. The third-order valence-corrected chi connectivity index (χ3v) is 5.79. The van der Waals surface area contributed by atoms with Crippen molar-refractivity contribution in [3.63, 3.8) is 0 Å². The Balaban J connectivity index is 0.00000243. The molecule has 0 spiro atoms. The number of halogens is 4. The first-order valence-electron chi connectivity index (χ1n) is 8.41. The second-order valence-electron chi connectivity index (χ2n) is 7.01. The van der Waals surface area contributed by atoms with E-state index in [9.17, 15) is 13.2 Å². The molecule has 10 heteroatoms. The Labute approximate surface area is 172 Å². The normalized spacial score (nSPS) is 27.3. The van der Waals surface area contributed by atoms with Crippen molar-refractivity contribution in [1.82, 2.24) is 15.6 Å². The van der Waals surface area contributed by atoms with Gasteiger partial charge in [-0.2, -0.15) is 13.2 Å². The number of guanidine groups is 1. The van der Waals surface area contributed by atoms with Crippen LogP contribution in [0.15, 0.2) is 10.4 Å². The molecule has 26 heavy (non-hydrogen) atoms. The first-order valence-corrected chi connectivity index (χ1v) is 9.29. The molecule has 0 amide bonds. The molecular weight excluding hydrogens is 480 g/mol. The van der Waals surface area contributed by atoms with Gasteiger partial charge in [-0.1, -0.05) is 13.8 Å². The number of hydrogen-bond acceptors (Lipinski definition) is 4. The molecule has 2 N–H and O–H groups in total. The minimum absolute atomic E-state index is 0. The van der Waals surface area contributed by atoms with Crippen molar-refractivity contribution in [1.29, 1.82) is 0 Å². The lowest BCUT2D eigenvalue weighted by atomic mass is 9.57. The highest BCUT2D eigenvalue weighted by Crippen LogP contribution is 2.52. The minimum Gasteiger partial charge on any atom is -0.377 e. The fourth-order valence-corrected chi connectivity index (χ4v) is 4.47. The van der Waals surface area contributed by atoms with Crippen LogP contribution in [0.1, 0.15) is 37.9 Å². The highest BCUT2D eigenvalue weighted by atomic mass is 127. The number of aromatic nitrogens is 1. The van der Waals surface area contributed by atoms with E-state index in [2.05, 4.69) is 34.5 Å². The summed E-state index contributed by atoms with van der Waals surface area (Å²) in [6.07, 6.45) is -3.12. The predicted octanol–water partition coefficient (Wildman–Crippen LogP) is 3.65. The highest BCUT2D eigenvalue weighted by molar-refractivity contribution is 14.0. The molecule has 3 unspecified atom stereocenters. The van der Waals surface area contributed by atoms with Crippen molar-refractivity contribution >= 4 is 41.3 Å². The number of hydrogen-bond donors (Lipinski definition) is 2. The largest absolute Gasteiger partial charge is 0.434 e.